The Morgan fingerprint density at radius 2 is 2.07 bits per heavy atom. The molecule has 3 N–H and O–H groups in total. The molecule has 1 fully saturated rings. The number of fused-ring (bicyclic) bond motifs is 1. The zero-order valence-corrected chi connectivity index (χ0v) is 16.4. The molecule has 3 aromatic rings. The maximum Gasteiger partial charge on any atom is 0.248 e. The number of nitrogens with one attached hydrogen (secondary N) is 3. The number of H-pyrrole nitrogens is 1. The molecule has 0 atom stereocenters. The standard InChI is InChI=1S/C20H20N6O2S/c27-17(21-9-13-4-5-13)6-7-18(28)25-15-3-1-2-14(8-15)11-29-20-16-10-24-26-19(16)22-12-23-20/h1-3,6-8,10,12-13H,4-5,9,11H2,(H,21,27)(H,25,28)(H,22,23,24,26)/b7-6+. The second kappa shape index (κ2) is 8.87. The van der Waals surface area contributed by atoms with Crippen LogP contribution in [0.25, 0.3) is 11.0 Å². The lowest BCUT2D eigenvalue weighted by atomic mass is 10.2. The Morgan fingerprint density at radius 1 is 1.21 bits per heavy atom. The van der Waals surface area contributed by atoms with Crippen LogP contribution in [-0.4, -0.2) is 38.5 Å². The third kappa shape index (κ3) is 5.41. The van der Waals surface area contributed by atoms with Gasteiger partial charge in [-0.05, 0) is 36.5 Å². The molecule has 29 heavy (non-hydrogen) atoms. The average Bonchev–Trinajstić information content (AvgIpc) is 3.43. The highest BCUT2D eigenvalue weighted by molar-refractivity contribution is 7.98. The molecule has 0 bridgehead atoms. The summed E-state index contributed by atoms with van der Waals surface area (Å²) in [5.41, 5.74) is 2.41. The van der Waals surface area contributed by atoms with Crippen molar-refractivity contribution in [3.63, 3.8) is 0 Å². The van der Waals surface area contributed by atoms with E-state index < -0.39 is 0 Å². The Kier molecular flexibility index (Phi) is 5.85. The molecule has 1 aromatic carbocycles. The SMILES string of the molecule is O=C(/C=C/C(=O)Nc1cccc(CSc2ncnc3[nH]ncc23)c1)NCC1CC1. The van der Waals surface area contributed by atoms with Gasteiger partial charge in [0.1, 0.15) is 11.4 Å². The number of anilines is 1. The minimum absolute atomic E-state index is 0.243. The zero-order valence-electron chi connectivity index (χ0n) is 15.6. The van der Waals surface area contributed by atoms with Crippen LogP contribution < -0.4 is 10.6 Å². The fourth-order valence-corrected chi connectivity index (χ4v) is 3.62. The summed E-state index contributed by atoms with van der Waals surface area (Å²) < 4.78 is 0. The summed E-state index contributed by atoms with van der Waals surface area (Å²) in [6, 6.07) is 7.58. The van der Waals surface area contributed by atoms with Crippen LogP contribution in [0.2, 0.25) is 0 Å². The van der Waals surface area contributed by atoms with Gasteiger partial charge < -0.3 is 10.6 Å². The molecule has 0 aliphatic heterocycles. The molecule has 2 heterocycles. The van der Waals surface area contributed by atoms with Crippen LogP contribution in [0, 0.1) is 5.92 Å². The summed E-state index contributed by atoms with van der Waals surface area (Å²) in [6.45, 7) is 0.683. The van der Waals surface area contributed by atoms with Crippen molar-refractivity contribution in [1.29, 1.82) is 0 Å². The van der Waals surface area contributed by atoms with Gasteiger partial charge in [-0.25, -0.2) is 9.97 Å². The van der Waals surface area contributed by atoms with E-state index in [9.17, 15) is 9.59 Å². The Bertz CT molecular complexity index is 1060. The molecule has 1 aliphatic carbocycles. The van der Waals surface area contributed by atoms with Gasteiger partial charge in [0.25, 0.3) is 0 Å². The Labute approximate surface area is 171 Å². The number of thioether (sulfide) groups is 1. The summed E-state index contributed by atoms with van der Waals surface area (Å²) in [5, 5.41) is 14.1. The summed E-state index contributed by atoms with van der Waals surface area (Å²) in [4.78, 5) is 32.2. The lowest BCUT2D eigenvalue weighted by molar-refractivity contribution is -0.117. The Morgan fingerprint density at radius 3 is 2.93 bits per heavy atom. The highest BCUT2D eigenvalue weighted by atomic mass is 32.2. The zero-order chi connectivity index (χ0) is 20.1. The van der Waals surface area contributed by atoms with Crippen molar-refractivity contribution in [3.8, 4) is 0 Å². The molecule has 2 aromatic heterocycles. The maximum absolute atomic E-state index is 12.1. The largest absolute Gasteiger partial charge is 0.352 e. The molecule has 0 spiro atoms. The van der Waals surface area contributed by atoms with E-state index >= 15 is 0 Å². The summed E-state index contributed by atoms with van der Waals surface area (Å²) in [5.74, 6) is 0.703. The summed E-state index contributed by atoms with van der Waals surface area (Å²) >= 11 is 1.57. The van der Waals surface area contributed by atoms with Gasteiger partial charge in [-0.2, -0.15) is 5.10 Å². The van der Waals surface area contributed by atoms with E-state index in [0.717, 1.165) is 16.0 Å². The normalized spacial score (nSPS) is 13.7. The van der Waals surface area contributed by atoms with Gasteiger partial charge in [-0.15, -0.1) is 11.8 Å². The van der Waals surface area contributed by atoms with E-state index in [-0.39, 0.29) is 11.8 Å². The molecule has 1 aliphatic rings. The van der Waals surface area contributed by atoms with Crippen molar-refractivity contribution in [2.75, 3.05) is 11.9 Å². The van der Waals surface area contributed by atoms with Crippen LogP contribution in [0.5, 0.6) is 0 Å². The van der Waals surface area contributed by atoms with Crippen LogP contribution in [0.4, 0.5) is 5.69 Å². The van der Waals surface area contributed by atoms with Crippen molar-refractivity contribution >= 4 is 40.3 Å². The number of nitrogens with zero attached hydrogens (tertiary/aromatic N) is 3. The number of hydrogen-bond donors (Lipinski definition) is 3. The van der Waals surface area contributed by atoms with Gasteiger partial charge in [0, 0.05) is 30.1 Å². The van der Waals surface area contributed by atoms with Gasteiger partial charge >= 0.3 is 0 Å². The van der Waals surface area contributed by atoms with Crippen LogP contribution in [0.15, 0.2) is 54.0 Å². The number of aromatic amines is 1. The monoisotopic (exact) mass is 408 g/mol. The van der Waals surface area contributed by atoms with Crippen molar-refractivity contribution in [2.45, 2.75) is 23.6 Å². The third-order valence-corrected chi connectivity index (χ3v) is 5.51. The van der Waals surface area contributed by atoms with Crippen molar-refractivity contribution in [3.05, 3.63) is 54.5 Å². The molecule has 1 saturated carbocycles. The molecule has 148 valence electrons. The molecule has 9 heteroatoms. The first-order valence-electron chi connectivity index (χ1n) is 9.30. The van der Waals surface area contributed by atoms with E-state index in [4.69, 9.17) is 0 Å². The molecular formula is C20H20N6O2S. The van der Waals surface area contributed by atoms with Crippen molar-refractivity contribution < 1.29 is 9.59 Å². The third-order valence-electron chi connectivity index (χ3n) is 4.43. The molecular weight excluding hydrogens is 388 g/mol. The van der Waals surface area contributed by atoms with Crippen molar-refractivity contribution in [2.24, 2.45) is 5.92 Å². The minimum Gasteiger partial charge on any atom is -0.352 e. The van der Waals surface area contributed by atoms with Crippen LogP contribution in [0.1, 0.15) is 18.4 Å². The lowest BCUT2D eigenvalue weighted by Gasteiger charge is -2.06. The fraction of sp³-hybridized carbons (Fsp3) is 0.250. The van der Waals surface area contributed by atoms with Gasteiger partial charge in [-0.1, -0.05) is 12.1 Å². The first-order chi connectivity index (χ1) is 14.2. The van der Waals surface area contributed by atoms with Gasteiger partial charge in [0.15, 0.2) is 5.65 Å². The summed E-state index contributed by atoms with van der Waals surface area (Å²) in [6.07, 6.45) is 8.07. The molecule has 2 amide bonds. The number of aromatic nitrogens is 4. The topological polar surface area (TPSA) is 113 Å². The van der Waals surface area contributed by atoms with E-state index in [0.29, 0.717) is 29.6 Å². The quantitative estimate of drug-likeness (QED) is 0.300. The lowest BCUT2D eigenvalue weighted by Crippen LogP contribution is -2.23. The Hall–Kier alpha value is -3.20. The Balaban J connectivity index is 1.31. The van der Waals surface area contributed by atoms with E-state index in [2.05, 4.69) is 30.8 Å². The predicted molar refractivity (Wildman–Crippen MR) is 111 cm³/mol. The second-order valence-electron chi connectivity index (χ2n) is 6.81. The number of carbonyl (C=O) groups is 2. The maximum atomic E-state index is 12.1. The highest BCUT2D eigenvalue weighted by Gasteiger charge is 2.21. The van der Waals surface area contributed by atoms with Crippen LogP contribution >= 0.6 is 11.8 Å². The number of rotatable bonds is 8. The number of hydrogen-bond acceptors (Lipinski definition) is 6. The molecule has 4 rings (SSSR count). The van der Waals surface area contributed by atoms with Gasteiger partial charge in [0.05, 0.1) is 11.6 Å². The first kappa shape index (κ1) is 19.1. The van der Waals surface area contributed by atoms with Gasteiger partial charge in [0.2, 0.25) is 11.8 Å². The minimum atomic E-state index is -0.340. The van der Waals surface area contributed by atoms with E-state index in [1.54, 1.807) is 18.0 Å². The number of carbonyl (C=O) groups excluding carboxylic acids is 2. The second-order valence-corrected chi connectivity index (χ2v) is 7.78. The molecule has 0 saturated heterocycles. The average molecular weight is 408 g/mol. The van der Waals surface area contributed by atoms with Gasteiger partial charge in [-0.3, -0.25) is 14.7 Å². The van der Waals surface area contributed by atoms with Crippen LogP contribution in [-0.2, 0) is 15.3 Å². The highest BCUT2D eigenvalue weighted by Crippen LogP contribution is 2.28. The molecule has 0 unspecified atom stereocenters. The molecule has 0 radical (unpaired) electrons. The van der Waals surface area contributed by atoms with Crippen LogP contribution in [0.3, 0.4) is 0 Å². The predicted octanol–water partition coefficient (Wildman–Crippen LogP) is 2.67. The smallest absolute Gasteiger partial charge is 0.248 e. The first-order valence-corrected chi connectivity index (χ1v) is 10.3. The van der Waals surface area contributed by atoms with E-state index in [1.165, 1.54) is 31.3 Å². The summed E-state index contributed by atoms with van der Waals surface area (Å²) in [7, 11) is 0. The van der Waals surface area contributed by atoms with Crippen molar-refractivity contribution in [1.82, 2.24) is 25.5 Å². The fourth-order valence-electron chi connectivity index (χ4n) is 2.71. The van der Waals surface area contributed by atoms with E-state index in [1.807, 2.05) is 24.3 Å². The molecule has 8 nitrogen and oxygen atoms in total. The number of amides is 2. The number of benzene rings is 1.